The Bertz CT molecular complexity index is 584. The number of likely N-dealkylation sites (N-methyl/N-ethyl adjacent to an activating group) is 1. The lowest BCUT2D eigenvalue weighted by atomic mass is 10.1. The van der Waals surface area contributed by atoms with E-state index in [-0.39, 0.29) is 6.04 Å². The molecule has 0 fully saturated rings. The Hall–Kier alpha value is -0.380. The fourth-order valence-corrected chi connectivity index (χ4v) is 3.87. The molecule has 0 aliphatic rings. The van der Waals surface area contributed by atoms with Crippen LogP contribution < -0.4 is 5.32 Å². The molecule has 112 valence electrons. The smallest absolute Gasteiger partial charge is 0.0541 e. The predicted octanol–water partition coefficient (Wildman–Crippen LogP) is 5.57. The summed E-state index contributed by atoms with van der Waals surface area (Å²) in [4.78, 5) is 1.09. The Labute approximate surface area is 145 Å². The third kappa shape index (κ3) is 4.80. The minimum absolute atomic E-state index is 0.267. The summed E-state index contributed by atoms with van der Waals surface area (Å²) < 4.78 is 0. The summed E-state index contributed by atoms with van der Waals surface area (Å²) in [6.45, 7) is 0. The third-order valence-corrected chi connectivity index (χ3v) is 5.58. The zero-order valence-corrected chi connectivity index (χ0v) is 14.7. The zero-order chi connectivity index (χ0) is 15.2. The second-order valence-electron chi connectivity index (χ2n) is 4.63. The number of nitrogens with one attached hydrogen (secondary N) is 1. The maximum atomic E-state index is 6.23. The quantitative estimate of drug-likeness (QED) is 0.676. The Balaban J connectivity index is 2.02. The van der Waals surface area contributed by atoms with Crippen LogP contribution in [0.3, 0.4) is 0 Å². The minimum Gasteiger partial charge on any atom is -0.316 e. The van der Waals surface area contributed by atoms with Crippen LogP contribution in [0.4, 0.5) is 0 Å². The molecule has 5 heteroatoms. The molecule has 0 aromatic heterocycles. The first-order chi connectivity index (χ1) is 10.1. The molecule has 0 heterocycles. The summed E-state index contributed by atoms with van der Waals surface area (Å²) in [6.07, 6.45) is 0.784. The van der Waals surface area contributed by atoms with Gasteiger partial charge in [-0.2, -0.15) is 0 Å². The first-order valence-corrected chi connectivity index (χ1v) is 8.71. The van der Waals surface area contributed by atoms with E-state index in [4.69, 9.17) is 34.8 Å². The van der Waals surface area contributed by atoms with Gasteiger partial charge in [0.2, 0.25) is 0 Å². The van der Waals surface area contributed by atoms with Gasteiger partial charge in [0.05, 0.1) is 5.02 Å². The summed E-state index contributed by atoms with van der Waals surface area (Å²) in [7, 11) is 1.95. The fraction of sp³-hybridized carbons (Fsp3) is 0.250. The molecule has 1 nitrogen and oxygen atoms in total. The molecule has 1 unspecified atom stereocenters. The van der Waals surface area contributed by atoms with Crippen molar-refractivity contribution in [2.45, 2.75) is 17.4 Å². The van der Waals surface area contributed by atoms with Crippen molar-refractivity contribution in [2.75, 3.05) is 12.8 Å². The normalized spacial score (nSPS) is 12.4. The molecule has 2 rings (SSSR count). The van der Waals surface area contributed by atoms with Crippen molar-refractivity contribution in [1.82, 2.24) is 5.32 Å². The first kappa shape index (κ1) is 17.0. The van der Waals surface area contributed by atoms with Gasteiger partial charge in [0.25, 0.3) is 0 Å². The van der Waals surface area contributed by atoms with E-state index in [9.17, 15) is 0 Å². The van der Waals surface area contributed by atoms with Gasteiger partial charge in [-0.15, -0.1) is 11.8 Å². The summed E-state index contributed by atoms with van der Waals surface area (Å²) in [5.74, 6) is 0.891. The van der Waals surface area contributed by atoms with E-state index in [1.807, 2.05) is 49.5 Å². The van der Waals surface area contributed by atoms with Crippen molar-refractivity contribution in [3.05, 3.63) is 63.1 Å². The maximum Gasteiger partial charge on any atom is 0.0541 e. The molecular weight excluding hydrogens is 345 g/mol. The third-order valence-electron chi connectivity index (χ3n) is 3.20. The topological polar surface area (TPSA) is 12.0 Å². The van der Waals surface area contributed by atoms with Crippen molar-refractivity contribution in [3.63, 3.8) is 0 Å². The van der Waals surface area contributed by atoms with Crippen LogP contribution in [-0.4, -0.2) is 18.8 Å². The monoisotopic (exact) mass is 359 g/mol. The number of hydrogen-bond acceptors (Lipinski definition) is 2. The molecule has 0 spiro atoms. The van der Waals surface area contributed by atoms with Gasteiger partial charge in [0.15, 0.2) is 0 Å². The van der Waals surface area contributed by atoms with Crippen LogP contribution in [0.1, 0.15) is 5.56 Å². The number of halogens is 3. The van der Waals surface area contributed by atoms with E-state index in [1.165, 1.54) is 0 Å². The van der Waals surface area contributed by atoms with Crippen LogP contribution in [0.25, 0.3) is 0 Å². The highest BCUT2D eigenvalue weighted by Crippen LogP contribution is 2.29. The number of rotatable bonds is 6. The molecule has 0 bridgehead atoms. The van der Waals surface area contributed by atoms with E-state index in [2.05, 4.69) is 5.32 Å². The predicted molar refractivity (Wildman–Crippen MR) is 95.2 cm³/mol. The fourth-order valence-electron chi connectivity index (χ4n) is 1.97. The van der Waals surface area contributed by atoms with Gasteiger partial charge in [-0.3, -0.25) is 0 Å². The SMILES string of the molecule is CNC(CSc1ccccc1Cl)Cc1c(Cl)cccc1Cl. The lowest BCUT2D eigenvalue weighted by Crippen LogP contribution is -2.30. The van der Waals surface area contributed by atoms with E-state index < -0.39 is 0 Å². The van der Waals surface area contributed by atoms with E-state index >= 15 is 0 Å². The van der Waals surface area contributed by atoms with Gasteiger partial charge < -0.3 is 5.32 Å². The van der Waals surface area contributed by atoms with Gasteiger partial charge in [0.1, 0.15) is 0 Å². The Morgan fingerprint density at radius 3 is 2.19 bits per heavy atom. The van der Waals surface area contributed by atoms with Crippen molar-refractivity contribution in [1.29, 1.82) is 0 Å². The molecule has 2 aromatic carbocycles. The second-order valence-corrected chi connectivity index (χ2v) is 6.91. The van der Waals surface area contributed by atoms with E-state index in [1.54, 1.807) is 11.8 Å². The van der Waals surface area contributed by atoms with Crippen LogP contribution in [0.5, 0.6) is 0 Å². The molecule has 0 saturated heterocycles. The molecule has 0 saturated carbocycles. The molecule has 0 amide bonds. The van der Waals surface area contributed by atoms with Gasteiger partial charge >= 0.3 is 0 Å². The Morgan fingerprint density at radius 2 is 1.57 bits per heavy atom. The van der Waals surface area contributed by atoms with Crippen molar-refractivity contribution in [3.8, 4) is 0 Å². The van der Waals surface area contributed by atoms with Gasteiger partial charge in [0, 0.05) is 26.7 Å². The zero-order valence-electron chi connectivity index (χ0n) is 11.6. The maximum absolute atomic E-state index is 6.23. The van der Waals surface area contributed by atoms with Gasteiger partial charge in [-0.05, 0) is 43.3 Å². The van der Waals surface area contributed by atoms with Crippen LogP contribution in [0, 0.1) is 0 Å². The van der Waals surface area contributed by atoms with Crippen molar-refractivity contribution >= 4 is 46.6 Å². The largest absolute Gasteiger partial charge is 0.316 e. The summed E-state index contributed by atoms with van der Waals surface area (Å²) in [6, 6.07) is 13.7. The van der Waals surface area contributed by atoms with Crippen LogP contribution >= 0.6 is 46.6 Å². The number of hydrogen-bond donors (Lipinski definition) is 1. The van der Waals surface area contributed by atoms with Gasteiger partial charge in [-0.1, -0.05) is 53.0 Å². The second kappa shape index (κ2) is 8.30. The van der Waals surface area contributed by atoms with Crippen LogP contribution in [0.15, 0.2) is 47.4 Å². The van der Waals surface area contributed by atoms with Crippen molar-refractivity contribution in [2.24, 2.45) is 0 Å². The van der Waals surface area contributed by atoms with E-state index in [0.717, 1.165) is 27.7 Å². The number of benzene rings is 2. The molecular formula is C16H16Cl3NS. The highest BCUT2D eigenvalue weighted by Gasteiger charge is 2.13. The lowest BCUT2D eigenvalue weighted by molar-refractivity contribution is 0.617. The molecule has 21 heavy (non-hydrogen) atoms. The molecule has 2 aromatic rings. The lowest BCUT2D eigenvalue weighted by Gasteiger charge is -2.18. The minimum atomic E-state index is 0.267. The first-order valence-electron chi connectivity index (χ1n) is 6.59. The van der Waals surface area contributed by atoms with Crippen LogP contribution in [-0.2, 0) is 6.42 Å². The summed E-state index contributed by atoms with van der Waals surface area (Å²) in [5.41, 5.74) is 0.986. The Morgan fingerprint density at radius 1 is 0.952 bits per heavy atom. The highest BCUT2D eigenvalue weighted by molar-refractivity contribution is 7.99. The average molecular weight is 361 g/mol. The molecule has 0 aliphatic heterocycles. The van der Waals surface area contributed by atoms with Gasteiger partial charge in [-0.25, -0.2) is 0 Å². The summed E-state index contributed by atoms with van der Waals surface area (Å²) >= 11 is 20.4. The average Bonchev–Trinajstić information content (AvgIpc) is 2.48. The van der Waals surface area contributed by atoms with Crippen LogP contribution in [0.2, 0.25) is 15.1 Å². The molecule has 0 aliphatic carbocycles. The molecule has 1 N–H and O–H groups in total. The highest BCUT2D eigenvalue weighted by atomic mass is 35.5. The Kier molecular flexibility index (Phi) is 6.72. The number of thioether (sulfide) groups is 1. The molecule has 1 atom stereocenters. The summed E-state index contributed by atoms with van der Waals surface area (Å²) in [5, 5.41) is 5.53. The standard InChI is InChI=1S/C16H16Cl3NS/c1-20-11(9-12-13(17)6-4-7-14(12)18)10-21-16-8-3-2-5-15(16)19/h2-8,11,20H,9-10H2,1H3. The van der Waals surface area contributed by atoms with Crippen molar-refractivity contribution < 1.29 is 0 Å². The molecule has 0 radical (unpaired) electrons. The van der Waals surface area contributed by atoms with E-state index in [0.29, 0.717) is 10.0 Å².